The predicted octanol–water partition coefficient (Wildman–Crippen LogP) is -0.529. The molecule has 2 rings (SSSR count). The highest BCUT2D eigenvalue weighted by molar-refractivity contribution is 7.66. The first-order chi connectivity index (χ1) is 13.9. The van der Waals surface area contributed by atoms with Gasteiger partial charge in [0.15, 0.2) is 24.2 Å². The van der Waals surface area contributed by atoms with Crippen molar-refractivity contribution < 1.29 is 65.0 Å². The Labute approximate surface area is 174 Å². The first-order valence-corrected chi connectivity index (χ1v) is 12.3. The zero-order valence-electron chi connectivity index (χ0n) is 14.5. The summed E-state index contributed by atoms with van der Waals surface area (Å²) in [6.45, 7) is -1.70. The average molecular weight is 538 g/mol. The summed E-state index contributed by atoms with van der Waals surface area (Å²) in [6.07, 6.45) is -6.61. The maximum Gasteiger partial charge on any atom is 0.490 e. The van der Waals surface area contributed by atoms with Crippen LogP contribution < -0.4 is 11.4 Å². The number of hydrogen-bond acceptors (Lipinski definition) is 11. The molecular weight excluding hydrogens is 524 g/mol. The van der Waals surface area contributed by atoms with Crippen LogP contribution in [0.1, 0.15) is 6.23 Å². The topological polar surface area (TPSA) is 250 Å². The van der Waals surface area contributed by atoms with Gasteiger partial charge in [-0.25, -0.2) is 27.3 Å². The number of alkyl halides is 2. The van der Waals surface area contributed by atoms with Crippen molar-refractivity contribution in [1.82, 2.24) is 9.55 Å². The highest BCUT2D eigenvalue weighted by Crippen LogP contribution is 2.67. The van der Waals surface area contributed by atoms with E-state index in [0.717, 1.165) is 0 Å². The van der Waals surface area contributed by atoms with Crippen LogP contribution in [-0.4, -0.2) is 58.2 Å². The number of nitrogen functional groups attached to an aromatic ring is 1. The summed E-state index contributed by atoms with van der Waals surface area (Å²) >= 11 is 5.90. The van der Waals surface area contributed by atoms with Crippen LogP contribution in [0.4, 0.5) is 14.6 Å². The molecule has 6 atom stereocenters. The maximum absolute atomic E-state index is 13.7. The van der Waals surface area contributed by atoms with Gasteiger partial charge in [-0.1, -0.05) is 0 Å². The van der Waals surface area contributed by atoms with Crippen LogP contribution in [0.5, 0.6) is 0 Å². The van der Waals surface area contributed by atoms with E-state index >= 15 is 0 Å². The fourth-order valence-electron chi connectivity index (χ4n) is 2.27. The van der Waals surface area contributed by atoms with Gasteiger partial charge in [-0.15, -0.1) is 11.6 Å². The van der Waals surface area contributed by atoms with E-state index in [0.29, 0.717) is 6.20 Å². The molecule has 0 radical (unpaired) electrons. The second kappa shape index (κ2) is 8.83. The van der Waals surface area contributed by atoms with Gasteiger partial charge in [0.1, 0.15) is 17.7 Å². The molecule has 16 nitrogen and oxygen atoms in total. The maximum atomic E-state index is 13.7. The van der Waals surface area contributed by atoms with Crippen molar-refractivity contribution in [1.29, 1.82) is 0 Å². The number of nitrogens with two attached hydrogens (primary N) is 1. The molecular formula is C9H13ClF2N3O13P3. The Hall–Kier alpha value is -0.840. The van der Waals surface area contributed by atoms with Crippen molar-refractivity contribution in [2.75, 3.05) is 12.4 Å². The molecule has 0 saturated carbocycles. The van der Waals surface area contributed by atoms with Crippen LogP contribution in [0, 0.1) is 5.82 Å². The van der Waals surface area contributed by atoms with Crippen LogP contribution in [0.2, 0.25) is 0 Å². The monoisotopic (exact) mass is 537 g/mol. The summed E-state index contributed by atoms with van der Waals surface area (Å²) in [7, 11) is -17.4. The number of ether oxygens (including phenoxy) is 1. The first-order valence-electron chi connectivity index (χ1n) is 7.35. The minimum absolute atomic E-state index is 0.238. The zero-order chi connectivity index (χ0) is 24.0. The lowest BCUT2D eigenvalue weighted by molar-refractivity contribution is -0.134. The third-order valence-corrected chi connectivity index (χ3v) is 7.78. The normalized spacial score (nSPS) is 30.6. The SMILES string of the molecule is Nc1nc(=O)n([C@@H]2O[C@H](OP(=O)(O)OP(=O)(O)OP(=O)(O)O)C(O)[C@]2(Cl)CF)cc1F. The third-order valence-electron chi connectivity index (χ3n) is 3.47. The molecule has 1 saturated heterocycles. The van der Waals surface area contributed by atoms with E-state index in [9.17, 15) is 37.3 Å². The summed E-state index contributed by atoms with van der Waals surface area (Å²) in [6, 6.07) is 0. The van der Waals surface area contributed by atoms with Gasteiger partial charge >= 0.3 is 29.2 Å². The van der Waals surface area contributed by atoms with Crippen molar-refractivity contribution in [2.45, 2.75) is 23.5 Å². The third kappa shape index (κ3) is 6.15. The van der Waals surface area contributed by atoms with Gasteiger partial charge in [-0.05, 0) is 0 Å². The highest BCUT2D eigenvalue weighted by Gasteiger charge is 2.59. The molecule has 1 aliphatic heterocycles. The Bertz CT molecular complexity index is 1050. The molecule has 1 aromatic heterocycles. The van der Waals surface area contributed by atoms with Gasteiger partial charge in [-0.3, -0.25) is 9.09 Å². The van der Waals surface area contributed by atoms with Crippen molar-refractivity contribution in [2.24, 2.45) is 0 Å². The van der Waals surface area contributed by atoms with E-state index in [1.54, 1.807) is 0 Å². The Morgan fingerprint density at radius 3 is 2.35 bits per heavy atom. The molecule has 0 bridgehead atoms. The van der Waals surface area contributed by atoms with Gasteiger partial charge in [0.25, 0.3) is 0 Å². The first kappa shape index (κ1) is 26.4. The van der Waals surface area contributed by atoms with Gasteiger partial charge < -0.3 is 35.2 Å². The molecule has 0 aliphatic carbocycles. The lowest BCUT2D eigenvalue weighted by atomic mass is 10.0. The van der Waals surface area contributed by atoms with E-state index in [4.69, 9.17) is 36.8 Å². The number of aliphatic hydroxyl groups is 1. The molecule has 7 N–H and O–H groups in total. The number of phosphoric acid groups is 3. The van der Waals surface area contributed by atoms with E-state index < -0.39 is 71.0 Å². The molecule has 178 valence electrons. The Kier molecular flexibility index (Phi) is 7.53. The molecule has 1 aromatic rings. The molecule has 31 heavy (non-hydrogen) atoms. The van der Waals surface area contributed by atoms with Crippen LogP contribution in [-0.2, 0) is 31.6 Å². The quantitative estimate of drug-likeness (QED) is 0.180. The number of aliphatic hydroxyl groups excluding tert-OH is 1. The van der Waals surface area contributed by atoms with Crippen molar-refractivity contribution >= 4 is 40.9 Å². The van der Waals surface area contributed by atoms with E-state index in [1.807, 2.05) is 0 Å². The predicted molar refractivity (Wildman–Crippen MR) is 92.3 cm³/mol. The summed E-state index contributed by atoms with van der Waals surface area (Å²) in [5, 5.41) is 10.2. The number of anilines is 1. The largest absolute Gasteiger partial charge is 0.490 e. The molecule has 0 aromatic carbocycles. The molecule has 3 unspecified atom stereocenters. The fraction of sp³-hybridized carbons (Fsp3) is 0.556. The van der Waals surface area contributed by atoms with Crippen molar-refractivity contribution in [3.63, 3.8) is 0 Å². The smallest absolute Gasteiger partial charge is 0.386 e. The number of hydrogen-bond donors (Lipinski definition) is 6. The van der Waals surface area contributed by atoms with Crippen LogP contribution >= 0.6 is 35.1 Å². The lowest BCUT2D eigenvalue weighted by Gasteiger charge is -2.27. The second-order valence-electron chi connectivity index (χ2n) is 5.72. The number of halogens is 3. The van der Waals surface area contributed by atoms with Crippen LogP contribution in [0.25, 0.3) is 0 Å². The number of rotatable bonds is 8. The Balaban J connectivity index is 2.32. The summed E-state index contributed by atoms with van der Waals surface area (Å²) in [5.74, 6) is -2.13. The Morgan fingerprint density at radius 1 is 1.26 bits per heavy atom. The minimum Gasteiger partial charge on any atom is -0.386 e. The average Bonchev–Trinajstić information content (AvgIpc) is 2.79. The van der Waals surface area contributed by atoms with Gasteiger partial charge in [-0.2, -0.15) is 13.6 Å². The summed E-state index contributed by atoms with van der Waals surface area (Å²) in [4.78, 5) is 47.9. The fourth-order valence-corrected chi connectivity index (χ4v) is 5.61. The number of nitrogens with zero attached hydrogens (tertiary/aromatic N) is 2. The lowest BCUT2D eigenvalue weighted by Crippen LogP contribution is -2.46. The van der Waals surface area contributed by atoms with Crippen LogP contribution in [0.15, 0.2) is 11.0 Å². The van der Waals surface area contributed by atoms with E-state index in [1.165, 1.54) is 0 Å². The number of phosphoric ester groups is 1. The second-order valence-corrected chi connectivity index (χ2v) is 10.8. The van der Waals surface area contributed by atoms with Gasteiger partial charge in [0.05, 0.1) is 6.20 Å². The number of aromatic nitrogens is 2. The van der Waals surface area contributed by atoms with E-state index in [-0.39, 0.29) is 4.57 Å². The van der Waals surface area contributed by atoms with Crippen molar-refractivity contribution in [3.8, 4) is 0 Å². The standard InChI is InChI=1S/C9H13ClF2N3O13P3/c10-9(2-11)4(16)6(25-7(9)15-1-3(12)5(13)14-8(15)17)26-30(21,22)28-31(23,24)27-29(18,19)20/h1,4,6-7,16H,2H2,(H,21,22)(H,23,24)(H2,13,14,17)(H2,18,19,20)/t4?,6-,7-,9-/m1/s1. The molecule has 0 spiro atoms. The Morgan fingerprint density at radius 2 is 1.84 bits per heavy atom. The van der Waals surface area contributed by atoms with Crippen LogP contribution in [0.3, 0.4) is 0 Å². The minimum atomic E-state index is -5.92. The molecule has 1 fully saturated rings. The van der Waals surface area contributed by atoms with E-state index in [2.05, 4.69) is 18.1 Å². The molecule has 22 heteroatoms. The molecule has 1 aliphatic rings. The molecule has 0 amide bonds. The highest BCUT2D eigenvalue weighted by atomic mass is 35.5. The summed E-state index contributed by atoms with van der Waals surface area (Å²) < 4.78 is 77.4. The summed E-state index contributed by atoms with van der Waals surface area (Å²) in [5.41, 5.74) is 3.76. The zero-order valence-corrected chi connectivity index (χ0v) is 17.9. The van der Waals surface area contributed by atoms with Gasteiger partial charge in [0, 0.05) is 0 Å². The van der Waals surface area contributed by atoms with Crippen molar-refractivity contribution in [3.05, 3.63) is 22.5 Å². The van der Waals surface area contributed by atoms with Gasteiger partial charge in [0.2, 0.25) is 0 Å². The molecule has 2 heterocycles.